The molecule has 1 aromatic rings. The molecule has 1 aliphatic heterocycles. The summed E-state index contributed by atoms with van der Waals surface area (Å²) in [7, 11) is 0. The van der Waals surface area contributed by atoms with Gasteiger partial charge in [0, 0.05) is 18.8 Å². The number of rotatable bonds is 3. The van der Waals surface area contributed by atoms with E-state index in [4.69, 9.17) is 4.74 Å². The van der Waals surface area contributed by atoms with Gasteiger partial charge in [-0.3, -0.25) is 4.98 Å². The molecular formula is C14H22N2O2. The number of nitrogens with zero attached hydrogens (tertiary/aromatic N) is 2. The van der Waals surface area contributed by atoms with Crippen LogP contribution in [0, 0.1) is 5.92 Å². The van der Waals surface area contributed by atoms with Crippen molar-refractivity contribution in [1.29, 1.82) is 0 Å². The Morgan fingerprint density at radius 2 is 2.33 bits per heavy atom. The standard InChI is InChI=1S/C14H22N2O2/c1-11(2)7-12-3-4-13(8-15-12)16-5-6-18-10-14(17)9-16/h3-4,8,11,14,17H,5-7,9-10H2,1-2H3. The number of aliphatic hydroxyl groups is 1. The zero-order valence-corrected chi connectivity index (χ0v) is 11.2. The van der Waals surface area contributed by atoms with Crippen LogP contribution in [0.25, 0.3) is 0 Å². The molecule has 0 saturated carbocycles. The van der Waals surface area contributed by atoms with Crippen LogP contribution in [0.15, 0.2) is 18.3 Å². The number of hydrogen-bond donors (Lipinski definition) is 1. The van der Waals surface area contributed by atoms with Gasteiger partial charge in [0.25, 0.3) is 0 Å². The molecule has 2 heterocycles. The summed E-state index contributed by atoms with van der Waals surface area (Å²) in [5.41, 5.74) is 2.19. The molecule has 100 valence electrons. The predicted molar refractivity (Wildman–Crippen MR) is 71.8 cm³/mol. The van der Waals surface area contributed by atoms with E-state index in [1.54, 1.807) is 0 Å². The zero-order chi connectivity index (χ0) is 13.0. The number of hydrogen-bond acceptors (Lipinski definition) is 4. The lowest BCUT2D eigenvalue weighted by molar-refractivity contribution is 0.0597. The Balaban J connectivity index is 2.03. The molecule has 1 aliphatic rings. The highest BCUT2D eigenvalue weighted by atomic mass is 16.5. The van der Waals surface area contributed by atoms with E-state index in [2.05, 4.69) is 35.9 Å². The minimum Gasteiger partial charge on any atom is -0.389 e. The fourth-order valence-corrected chi connectivity index (χ4v) is 2.17. The Bertz CT molecular complexity index is 365. The molecular weight excluding hydrogens is 228 g/mol. The first kappa shape index (κ1) is 13.3. The third-order valence-electron chi connectivity index (χ3n) is 3.04. The van der Waals surface area contributed by atoms with Crippen molar-refractivity contribution in [2.75, 3.05) is 31.2 Å². The summed E-state index contributed by atoms with van der Waals surface area (Å²) in [6, 6.07) is 4.16. The van der Waals surface area contributed by atoms with Crippen LogP contribution < -0.4 is 4.90 Å². The molecule has 1 saturated heterocycles. The molecule has 0 aliphatic carbocycles. The lowest BCUT2D eigenvalue weighted by Crippen LogP contribution is -2.32. The van der Waals surface area contributed by atoms with Crippen molar-refractivity contribution in [1.82, 2.24) is 4.98 Å². The zero-order valence-electron chi connectivity index (χ0n) is 11.2. The molecule has 1 fully saturated rings. The molecule has 0 radical (unpaired) electrons. The fraction of sp³-hybridized carbons (Fsp3) is 0.643. The Morgan fingerprint density at radius 3 is 3.00 bits per heavy atom. The molecule has 1 N–H and O–H groups in total. The average molecular weight is 250 g/mol. The van der Waals surface area contributed by atoms with E-state index in [1.807, 2.05) is 6.20 Å². The maximum Gasteiger partial charge on any atom is 0.0948 e. The fourth-order valence-electron chi connectivity index (χ4n) is 2.17. The molecule has 0 amide bonds. The normalized spacial score (nSPS) is 21.1. The molecule has 2 rings (SSSR count). The van der Waals surface area contributed by atoms with E-state index < -0.39 is 6.10 Å². The van der Waals surface area contributed by atoms with Crippen molar-refractivity contribution in [3.8, 4) is 0 Å². The van der Waals surface area contributed by atoms with Gasteiger partial charge in [-0.25, -0.2) is 0 Å². The van der Waals surface area contributed by atoms with Crippen LogP contribution in [0.3, 0.4) is 0 Å². The summed E-state index contributed by atoms with van der Waals surface area (Å²) < 4.78 is 5.32. The van der Waals surface area contributed by atoms with E-state index in [9.17, 15) is 5.11 Å². The lowest BCUT2D eigenvalue weighted by atomic mass is 10.1. The van der Waals surface area contributed by atoms with E-state index in [-0.39, 0.29) is 0 Å². The second-order valence-corrected chi connectivity index (χ2v) is 5.28. The smallest absolute Gasteiger partial charge is 0.0948 e. The Hall–Kier alpha value is -1.13. The lowest BCUT2D eigenvalue weighted by Gasteiger charge is -2.23. The van der Waals surface area contributed by atoms with Crippen LogP contribution >= 0.6 is 0 Å². The number of anilines is 1. The van der Waals surface area contributed by atoms with Gasteiger partial charge in [0.05, 0.1) is 31.2 Å². The van der Waals surface area contributed by atoms with Crippen molar-refractivity contribution in [3.05, 3.63) is 24.0 Å². The van der Waals surface area contributed by atoms with Gasteiger partial charge in [0.15, 0.2) is 0 Å². The summed E-state index contributed by atoms with van der Waals surface area (Å²) in [6.07, 6.45) is 2.49. The Morgan fingerprint density at radius 1 is 1.50 bits per heavy atom. The van der Waals surface area contributed by atoms with E-state index in [0.717, 1.165) is 24.3 Å². The number of ether oxygens (including phenoxy) is 1. The van der Waals surface area contributed by atoms with E-state index >= 15 is 0 Å². The van der Waals surface area contributed by atoms with E-state index in [0.29, 0.717) is 25.7 Å². The molecule has 0 aromatic carbocycles. The van der Waals surface area contributed by atoms with Gasteiger partial charge in [-0.2, -0.15) is 0 Å². The average Bonchev–Trinajstić information content (AvgIpc) is 2.54. The molecule has 1 aromatic heterocycles. The van der Waals surface area contributed by atoms with Crippen molar-refractivity contribution >= 4 is 5.69 Å². The highest BCUT2D eigenvalue weighted by Crippen LogP contribution is 2.16. The second kappa shape index (κ2) is 6.16. The minimum absolute atomic E-state index is 0.414. The topological polar surface area (TPSA) is 45.6 Å². The molecule has 0 bridgehead atoms. The van der Waals surface area contributed by atoms with Crippen molar-refractivity contribution < 1.29 is 9.84 Å². The molecule has 18 heavy (non-hydrogen) atoms. The largest absolute Gasteiger partial charge is 0.389 e. The van der Waals surface area contributed by atoms with Crippen LogP contribution in [-0.2, 0) is 11.2 Å². The predicted octanol–water partition coefficient (Wildman–Crippen LogP) is 1.48. The summed E-state index contributed by atoms with van der Waals surface area (Å²) in [5, 5.41) is 9.71. The van der Waals surface area contributed by atoms with Crippen LogP contribution in [-0.4, -0.2) is 42.5 Å². The minimum atomic E-state index is -0.414. The van der Waals surface area contributed by atoms with Crippen LogP contribution in [0.2, 0.25) is 0 Å². The Labute approximate surface area is 109 Å². The molecule has 1 atom stereocenters. The number of aromatic nitrogens is 1. The first-order chi connectivity index (χ1) is 8.65. The van der Waals surface area contributed by atoms with Crippen LogP contribution in [0.5, 0.6) is 0 Å². The van der Waals surface area contributed by atoms with Gasteiger partial charge in [0.2, 0.25) is 0 Å². The third-order valence-corrected chi connectivity index (χ3v) is 3.04. The summed E-state index contributed by atoms with van der Waals surface area (Å²) in [5.74, 6) is 0.622. The van der Waals surface area contributed by atoms with Gasteiger partial charge < -0.3 is 14.7 Å². The maximum absolute atomic E-state index is 9.71. The summed E-state index contributed by atoms with van der Waals surface area (Å²) >= 11 is 0. The SMILES string of the molecule is CC(C)Cc1ccc(N2CCOCC(O)C2)cn1. The molecule has 4 heteroatoms. The number of pyridine rings is 1. The monoisotopic (exact) mass is 250 g/mol. The van der Waals surface area contributed by atoms with Crippen molar-refractivity contribution in [2.45, 2.75) is 26.4 Å². The van der Waals surface area contributed by atoms with Gasteiger partial charge >= 0.3 is 0 Å². The van der Waals surface area contributed by atoms with Gasteiger partial charge in [-0.15, -0.1) is 0 Å². The third kappa shape index (κ3) is 3.68. The van der Waals surface area contributed by atoms with Crippen LogP contribution in [0.1, 0.15) is 19.5 Å². The summed E-state index contributed by atoms with van der Waals surface area (Å²) in [4.78, 5) is 6.61. The van der Waals surface area contributed by atoms with Crippen LogP contribution in [0.4, 0.5) is 5.69 Å². The van der Waals surface area contributed by atoms with Crippen molar-refractivity contribution in [3.63, 3.8) is 0 Å². The first-order valence-corrected chi connectivity index (χ1v) is 6.61. The van der Waals surface area contributed by atoms with Crippen molar-refractivity contribution in [2.24, 2.45) is 5.92 Å². The maximum atomic E-state index is 9.71. The Kier molecular flexibility index (Phi) is 4.55. The molecule has 4 nitrogen and oxygen atoms in total. The quantitative estimate of drug-likeness (QED) is 0.882. The first-order valence-electron chi connectivity index (χ1n) is 6.61. The van der Waals surface area contributed by atoms with E-state index in [1.165, 1.54) is 0 Å². The molecule has 1 unspecified atom stereocenters. The number of aliphatic hydroxyl groups excluding tert-OH is 1. The highest BCUT2D eigenvalue weighted by Gasteiger charge is 2.16. The van der Waals surface area contributed by atoms with Gasteiger partial charge in [0.1, 0.15) is 0 Å². The highest BCUT2D eigenvalue weighted by molar-refractivity contribution is 5.44. The summed E-state index contributed by atoms with van der Waals surface area (Å²) in [6.45, 7) is 6.89. The molecule has 0 spiro atoms. The second-order valence-electron chi connectivity index (χ2n) is 5.28. The number of β-amino-alcohol motifs (C(OH)–C–C–N with tert-alkyl or cyclic N) is 1. The van der Waals surface area contributed by atoms with Gasteiger partial charge in [-0.05, 0) is 24.5 Å². The van der Waals surface area contributed by atoms with Gasteiger partial charge in [-0.1, -0.05) is 13.8 Å².